The van der Waals surface area contributed by atoms with Crippen LogP contribution >= 0.6 is 0 Å². The molecule has 5 heteroatoms. The number of hydrogen-bond acceptors (Lipinski definition) is 3. The van der Waals surface area contributed by atoms with E-state index >= 15 is 0 Å². The number of hydrogen-bond donors (Lipinski definition) is 1. The second-order valence-electron chi connectivity index (χ2n) is 7.64. The summed E-state index contributed by atoms with van der Waals surface area (Å²) in [6.07, 6.45) is 1.06. The van der Waals surface area contributed by atoms with Crippen LogP contribution in [0.15, 0.2) is 54.6 Å². The van der Waals surface area contributed by atoms with Crippen molar-refractivity contribution in [2.24, 2.45) is 17.6 Å². The van der Waals surface area contributed by atoms with E-state index in [9.17, 15) is 9.59 Å². The average molecular weight is 363 g/mol. The van der Waals surface area contributed by atoms with Crippen LogP contribution in [-0.2, 0) is 11.2 Å². The third-order valence-electron chi connectivity index (χ3n) is 5.73. The van der Waals surface area contributed by atoms with E-state index in [0.717, 1.165) is 37.3 Å². The van der Waals surface area contributed by atoms with Gasteiger partial charge < -0.3 is 15.5 Å². The molecule has 2 aromatic rings. The molecule has 2 aromatic carbocycles. The minimum Gasteiger partial charge on any atom is -0.371 e. The largest absolute Gasteiger partial charge is 0.371 e. The summed E-state index contributed by atoms with van der Waals surface area (Å²) in [6.45, 7) is 3.61. The van der Waals surface area contributed by atoms with E-state index in [0.29, 0.717) is 24.7 Å². The number of primary amides is 1. The summed E-state index contributed by atoms with van der Waals surface area (Å²) in [5, 5.41) is 0. The molecule has 27 heavy (non-hydrogen) atoms. The number of likely N-dealkylation sites (tertiary alicyclic amines) is 1. The van der Waals surface area contributed by atoms with Gasteiger partial charge in [-0.05, 0) is 36.2 Å². The molecular formula is C22H25N3O2. The van der Waals surface area contributed by atoms with Gasteiger partial charge in [-0.15, -0.1) is 0 Å². The molecule has 2 heterocycles. The molecule has 2 amide bonds. The molecule has 4 rings (SSSR count). The van der Waals surface area contributed by atoms with Crippen LogP contribution in [0.5, 0.6) is 0 Å². The summed E-state index contributed by atoms with van der Waals surface area (Å²) in [4.78, 5) is 28.1. The summed E-state index contributed by atoms with van der Waals surface area (Å²) < 4.78 is 0. The highest BCUT2D eigenvalue weighted by Crippen LogP contribution is 2.34. The maximum atomic E-state index is 12.7. The minimum atomic E-state index is -0.265. The van der Waals surface area contributed by atoms with Gasteiger partial charge in [-0.2, -0.15) is 0 Å². The average Bonchev–Trinajstić information content (AvgIpc) is 3.26. The second kappa shape index (κ2) is 7.43. The van der Waals surface area contributed by atoms with E-state index in [1.165, 1.54) is 5.69 Å². The highest BCUT2D eigenvalue weighted by molar-refractivity contribution is 5.94. The van der Waals surface area contributed by atoms with Crippen molar-refractivity contribution in [2.45, 2.75) is 12.8 Å². The van der Waals surface area contributed by atoms with Crippen molar-refractivity contribution in [3.05, 3.63) is 65.7 Å². The van der Waals surface area contributed by atoms with Crippen molar-refractivity contribution in [1.29, 1.82) is 0 Å². The zero-order chi connectivity index (χ0) is 18.8. The molecule has 2 aliphatic rings. The van der Waals surface area contributed by atoms with Crippen LogP contribution < -0.4 is 10.6 Å². The Bertz CT molecular complexity index is 822. The fourth-order valence-electron chi connectivity index (χ4n) is 4.31. The van der Waals surface area contributed by atoms with Crippen LogP contribution in [0.1, 0.15) is 22.3 Å². The van der Waals surface area contributed by atoms with Gasteiger partial charge in [-0.3, -0.25) is 9.59 Å². The first-order chi connectivity index (χ1) is 13.1. The van der Waals surface area contributed by atoms with Gasteiger partial charge in [0.2, 0.25) is 5.91 Å². The Hall–Kier alpha value is -2.82. The van der Waals surface area contributed by atoms with E-state index in [1.54, 1.807) is 0 Å². The number of anilines is 1. The van der Waals surface area contributed by atoms with Crippen LogP contribution in [0.3, 0.4) is 0 Å². The predicted octanol–water partition coefficient (Wildman–Crippen LogP) is 2.31. The normalized spacial score (nSPS) is 21.3. The zero-order valence-corrected chi connectivity index (χ0v) is 15.4. The number of aryl methyl sites for hydroxylation is 1. The molecular weight excluding hydrogens is 338 g/mol. The van der Waals surface area contributed by atoms with Gasteiger partial charge in [0.15, 0.2) is 0 Å². The van der Waals surface area contributed by atoms with Crippen molar-refractivity contribution >= 4 is 17.5 Å². The summed E-state index contributed by atoms with van der Waals surface area (Å²) in [7, 11) is 0. The molecule has 0 bridgehead atoms. The highest BCUT2D eigenvalue weighted by atomic mass is 16.2. The van der Waals surface area contributed by atoms with Gasteiger partial charge in [-0.25, -0.2) is 0 Å². The van der Waals surface area contributed by atoms with E-state index in [2.05, 4.69) is 17.0 Å². The quantitative estimate of drug-likeness (QED) is 0.886. The van der Waals surface area contributed by atoms with Crippen molar-refractivity contribution in [3.63, 3.8) is 0 Å². The molecule has 2 atom stereocenters. The predicted molar refractivity (Wildman–Crippen MR) is 105 cm³/mol. The molecule has 2 saturated heterocycles. The molecule has 0 aromatic heterocycles. The number of fused-ring (bicyclic) bond motifs is 1. The van der Waals surface area contributed by atoms with Crippen molar-refractivity contribution in [3.8, 4) is 0 Å². The number of nitrogens with zero attached hydrogens (tertiary/aromatic N) is 2. The Kier molecular flexibility index (Phi) is 4.84. The van der Waals surface area contributed by atoms with Gasteiger partial charge in [0.1, 0.15) is 0 Å². The van der Waals surface area contributed by atoms with Crippen molar-refractivity contribution in [2.75, 3.05) is 31.1 Å². The molecule has 2 fully saturated rings. The summed E-state index contributed by atoms with van der Waals surface area (Å²) >= 11 is 0. The Morgan fingerprint density at radius 1 is 0.926 bits per heavy atom. The van der Waals surface area contributed by atoms with E-state index in [-0.39, 0.29) is 11.8 Å². The molecule has 140 valence electrons. The lowest BCUT2D eigenvalue weighted by molar-refractivity contribution is -0.117. The smallest absolute Gasteiger partial charge is 0.253 e. The monoisotopic (exact) mass is 363 g/mol. The third-order valence-corrected chi connectivity index (χ3v) is 5.73. The summed E-state index contributed by atoms with van der Waals surface area (Å²) in [5.41, 5.74) is 8.38. The molecule has 2 unspecified atom stereocenters. The number of benzene rings is 2. The van der Waals surface area contributed by atoms with E-state index in [4.69, 9.17) is 5.73 Å². The van der Waals surface area contributed by atoms with Gasteiger partial charge in [0, 0.05) is 55.7 Å². The van der Waals surface area contributed by atoms with Crippen LogP contribution in [0, 0.1) is 11.8 Å². The van der Waals surface area contributed by atoms with E-state index in [1.807, 2.05) is 47.4 Å². The number of rotatable bonds is 5. The van der Waals surface area contributed by atoms with Gasteiger partial charge in [-0.1, -0.05) is 30.3 Å². The molecule has 2 N–H and O–H groups in total. The first-order valence-corrected chi connectivity index (χ1v) is 9.56. The standard InChI is InChI=1S/C22H25N3O2/c23-21(26)10-9-16-5-4-8-20(11-16)24-12-18-14-25(15-19(18)13-24)22(27)17-6-2-1-3-7-17/h1-8,11,18-19H,9-10,12-15H2,(H2,23,26). The third kappa shape index (κ3) is 3.82. The highest BCUT2D eigenvalue weighted by Gasteiger charge is 2.41. The molecule has 2 aliphatic heterocycles. The Morgan fingerprint density at radius 3 is 2.30 bits per heavy atom. The first kappa shape index (κ1) is 17.6. The van der Waals surface area contributed by atoms with Crippen LogP contribution in [0.2, 0.25) is 0 Å². The zero-order valence-electron chi connectivity index (χ0n) is 15.4. The number of carbonyl (C=O) groups excluding carboxylic acids is 2. The van der Waals surface area contributed by atoms with Crippen LogP contribution in [0.4, 0.5) is 5.69 Å². The molecule has 0 radical (unpaired) electrons. The number of amides is 2. The maximum Gasteiger partial charge on any atom is 0.253 e. The SMILES string of the molecule is NC(=O)CCc1cccc(N2CC3CN(C(=O)c4ccccc4)CC3C2)c1. The molecule has 0 saturated carbocycles. The topological polar surface area (TPSA) is 66.6 Å². The Morgan fingerprint density at radius 2 is 1.63 bits per heavy atom. The lowest BCUT2D eigenvalue weighted by atomic mass is 10.0. The Labute approximate surface area is 159 Å². The summed E-state index contributed by atoms with van der Waals surface area (Å²) in [6, 6.07) is 17.9. The van der Waals surface area contributed by atoms with Gasteiger partial charge in [0.25, 0.3) is 5.91 Å². The molecule has 0 aliphatic carbocycles. The van der Waals surface area contributed by atoms with Crippen LogP contribution in [-0.4, -0.2) is 42.9 Å². The number of carbonyl (C=O) groups is 2. The lowest BCUT2D eigenvalue weighted by Gasteiger charge is -2.24. The minimum absolute atomic E-state index is 0.144. The Balaban J connectivity index is 1.38. The fourth-order valence-corrected chi connectivity index (χ4v) is 4.31. The number of nitrogens with two attached hydrogens (primary N) is 1. The van der Waals surface area contributed by atoms with E-state index < -0.39 is 0 Å². The fraction of sp³-hybridized carbons (Fsp3) is 0.364. The van der Waals surface area contributed by atoms with Gasteiger partial charge in [0.05, 0.1) is 0 Å². The maximum absolute atomic E-state index is 12.7. The van der Waals surface area contributed by atoms with Gasteiger partial charge >= 0.3 is 0 Å². The molecule has 0 spiro atoms. The summed E-state index contributed by atoms with van der Waals surface area (Å²) in [5.74, 6) is 0.920. The second-order valence-corrected chi connectivity index (χ2v) is 7.64. The van der Waals surface area contributed by atoms with Crippen molar-refractivity contribution < 1.29 is 9.59 Å². The lowest BCUT2D eigenvalue weighted by Crippen LogP contribution is -2.33. The molecule has 5 nitrogen and oxygen atoms in total. The first-order valence-electron chi connectivity index (χ1n) is 9.56. The van der Waals surface area contributed by atoms with Crippen LogP contribution in [0.25, 0.3) is 0 Å². The van der Waals surface area contributed by atoms with Crippen molar-refractivity contribution in [1.82, 2.24) is 4.90 Å².